The molecule has 0 amide bonds. The van der Waals surface area contributed by atoms with Crippen LogP contribution >= 0.6 is 15.9 Å². The Morgan fingerprint density at radius 1 is 0.437 bits per heavy atom. The lowest BCUT2D eigenvalue weighted by atomic mass is 9.86. The van der Waals surface area contributed by atoms with Crippen LogP contribution in [0.3, 0.4) is 0 Å². The number of hydrogen-bond donors (Lipinski definition) is 12. The van der Waals surface area contributed by atoms with Gasteiger partial charge >= 0.3 is 24.1 Å². The highest BCUT2D eigenvalue weighted by Gasteiger charge is 2.34. The summed E-state index contributed by atoms with van der Waals surface area (Å²) in [6, 6.07) is 31.1. The molecule has 0 unspecified atom stereocenters. The number of nitro groups is 2. The third-order valence-corrected chi connectivity index (χ3v) is 20.8. The molecular weight excluding hydrogens is 1620 g/mol. The van der Waals surface area contributed by atoms with E-state index in [0.29, 0.717) is 94.0 Å². The summed E-state index contributed by atoms with van der Waals surface area (Å²) in [5.74, 6) is 10.2. The summed E-state index contributed by atoms with van der Waals surface area (Å²) in [7, 11) is 0. The van der Waals surface area contributed by atoms with E-state index >= 15 is 0 Å². The molecule has 6 aromatic heterocycles. The molecule has 0 bridgehead atoms. The quantitative estimate of drug-likeness (QED) is 0.00541. The number of nitrogens with two attached hydrogens (primary N) is 4. The summed E-state index contributed by atoms with van der Waals surface area (Å²) in [6.07, 6.45) is 16.5. The van der Waals surface area contributed by atoms with E-state index in [1.54, 1.807) is 67.0 Å². The number of halogens is 7. The van der Waals surface area contributed by atoms with E-state index in [4.69, 9.17) is 22.9 Å². The smallest absolute Gasteiger partial charge is 0.573 e. The van der Waals surface area contributed by atoms with Crippen LogP contribution < -0.4 is 84.4 Å². The van der Waals surface area contributed by atoms with Gasteiger partial charge in [0, 0.05) is 117 Å². The van der Waals surface area contributed by atoms with Gasteiger partial charge in [-0.05, 0) is 179 Å². The summed E-state index contributed by atoms with van der Waals surface area (Å²) >= 11 is 3.43. The zero-order valence-electron chi connectivity index (χ0n) is 65.1. The number of hydrogen-bond acceptors (Lipinski definition) is 28. The molecule has 0 aliphatic heterocycles. The van der Waals surface area contributed by atoms with E-state index < -0.39 is 22.6 Å². The van der Waals surface area contributed by atoms with Crippen molar-refractivity contribution >= 4 is 74.4 Å². The van der Waals surface area contributed by atoms with Crippen molar-refractivity contribution < 1.29 is 55.1 Å². The van der Waals surface area contributed by atoms with Crippen LogP contribution in [0, 0.1) is 66.2 Å². The molecule has 16 N–H and O–H groups in total. The molecule has 634 valence electrons. The number of pyridine rings is 2. The third-order valence-electron chi connectivity index (χ3n) is 20.3. The van der Waals surface area contributed by atoms with Crippen molar-refractivity contribution in [1.82, 2.24) is 39.9 Å². The number of alkyl halides is 6. The minimum absolute atomic E-state index is 0.0568. The van der Waals surface area contributed by atoms with Crippen LogP contribution in [0.15, 0.2) is 157 Å². The molecule has 0 radical (unpaired) electrons. The third kappa shape index (κ3) is 30.5. The maximum atomic E-state index is 12.7. The Morgan fingerprint density at radius 3 is 1.27 bits per heavy atom. The molecule has 0 spiro atoms. The summed E-state index contributed by atoms with van der Waals surface area (Å²) in [5.41, 5.74) is 26.9. The largest absolute Gasteiger partial charge is 0.619 e. The monoisotopic (exact) mass is 1710 g/mol. The number of aromatic nitrogens is 10. The topological polar surface area (TPSA) is 462 Å². The second-order valence-corrected chi connectivity index (χ2v) is 30.1. The minimum atomic E-state index is -4.77. The first-order valence-corrected chi connectivity index (χ1v) is 39.9. The first kappa shape index (κ1) is 89.5. The molecule has 13 rings (SSSR count). The predicted molar refractivity (Wildman–Crippen MR) is 442 cm³/mol. The number of anilines is 8. The Kier molecular flexibility index (Phi) is 33.6. The zero-order chi connectivity index (χ0) is 84.7. The van der Waals surface area contributed by atoms with Crippen LogP contribution in [0.25, 0.3) is 0 Å². The lowest BCUT2D eigenvalue weighted by Crippen LogP contribution is -2.32. The fraction of sp³-hybridized carbons (Fsp3) is 0.425. The van der Waals surface area contributed by atoms with E-state index in [-0.39, 0.29) is 90.1 Å². The van der Waals surface area contributed by atoms with Crippen LogP contribution in [-0.4, -0.2) is 113 Å². The van der Waals surface area contributed by atoms with Crippen LogP contribution in [0.2, 0.25) is 0 Å². The highest BCUT2D eigenvalue weighted by atomic mass is 79.9. The maximum Gasteiger partial charge on any atom is 0.573 e. The molecular formula is C80H97BrF6N24O8. The van der Waals surface area contributed by atoms with Gasteiger partial charge in [-0.2, -0.15) is 29.4 Å². The van der Waals surface area contributed by atoms with Crippen molar-refractivity contribution in [1.29, 1.82) is 0 Å². The van der Waals surface area contributed by atoms with Crippen LogP contribution in [-0.2, 0) is 26.2 Å². The van der Waals surface area contributed by atoms with Crippen LogP contribution in [0.1, 0.15) is 136 Å². The first-order chi connectivity index (χ1) is 57.2. The summed E-state index contributed by atoms with van der Waals surface area (Å²) in [6.45, 7) is 3.41. The van der Waals surface area contributed by atoms with Crippen molar-refractivity contribution in [3.8, 4) is 23.3 Å². The molecule has 4 aliphatic carbocycles. The second kappa shape index (κ2) is 44.6. The molecule has 9 aromatic rings. The van der Waals surface area contributed by atoms with E-state index in [9.17, 15) is 57.0 Å². The van der Waals surface area contributed by atoms with Crippen molar-refractivity contribution in [3.63, 3.8) is 0 Å². The zero-order valence-corrected chi connectivity index (χ0v) is 66.7. The Bertz CT molecular complexity index is 4780. The van der Waals surface area contributed by atoms with E-state index in [1.807, 2.05) is 30.3 Å². The summed E-state index contributed by atoms with van der Waals surface area (Å²) < 4.78 is 86.2. The van der Waals surface area contributed by atoms with Gasteiger partial charge in [-0.15, -0.1) is 26.3 Å². The molecule has 4 saturated carbocycles. The van der Waals surface area contributed by atoms with Crippen molar-refractivity contribution in [2.24, 2.45) is 46.6 Å². The van der Waals surface area contributed by atoms with E-state index in [0.717, 1.165) is 136 Å². The van der Waals surface area contributed by atoms with Gasteiger partial charge in [0.15, 0.2) is 18.6 Å². The Labute approximate surface area is 691 Å². The Hall–Kier alpha value is -11.9. The number of rotatable bonds is 28. The van der Waals surface area contributed by atoms with Gasteiger partial charge in [0.1, 0.15) is 42.1 Å². The average molecular weight is 1720 g/mol. The predicted octanol–water partition coefficient (Wildman–Crippen LogP) is 13.1. The average Bonchev–Trinajstić information content (AvgIpc) is 0.848. The summed E-state index contributed by atoms with van der Waals surface area (Å²) in [5, 5.41) is 70.3. The number of para-hydroxylation sites is 2. The highest BCUT2D eigenvalue weighted by Crippen LogP contribution is 2.34. The van der Waals surface area contributed by atoms with Gasteiger partial charge in [0.05, 0.1) is 26.1 Å². The Balaban J connectivity index is 0.000000168. The normalized spacial score (nSPS) is 18.9. The molecule has 32 nitrogen and oxygen atoms in total. The summed E-state index contributed by atoms with van der Waals surface area (Å²) in [4.78, 5) is 55.5. The van der Waals surface area contributed by atoms with Gasteiger partial charge in [-0.1, -0.05) is 66.4 Å². The van der Waals surface area contributed by atoms with Gasteiger partial charge in [-0.3, -0.25) is 20.2 Å². The van der Waals surface area contributed by atoms with Gasteiger partial charge < -0.3 is 85.4 Å². The number of nitrogens with zero attached hydrogens (tertiary/aromatic N) is 12. The lowest BCUT2D eigenvalue weighted by Gasteiger charge is -2.26. The van der Waals surface area contributed by atoms with Crippen LogP contribution in [0.5, 0.6) is 11.5 Å². The van der Waals surface area contributed by atoms with Crippen molar-refractivity contribution in [3.05, 3.63) is 221 Å². The molecule has 0 atom stereocenters. The molecule has 4 aliphatic rings. The van der Waals surface area contributed by atoms with Crippen LogP contribution in [0.4, 0.5) is 84.8 Å². The molecule has 0 saturated heterocycles. The molecule has 119 heavy (non-hydrogen) atoms. The number of ether oxygens (including phenoxy) is 2. The van der Waals surface area contributed by atoms with E-state index in [1.165, 1.54) is 55.2 Å². The van der Waals surface area contributed by atoms with Gasteiger partial charge in [0.25, 0.3) is 0 Å². The minimum Gasteiger partial charge on any atom is -0.619 e. The number of nitrogens with one attached hydrogen (secondary N) is 8. The van der Waals surface area contributed by atoms with E-state index in [2.05, 4.69) is 120 Å². The highest BCUT2D eigenvalue weighted by molar-refractivity contribution is 9.10. The maximum absolute atomic E-state index is 12.7. The fourth-order valence-electron chi connectivity index (χ4n) is 13.6. The standard InChI is InChI=1S/C27H28F3N5O.C19H23BrF3N5O.2C17H23N7O3/c28-27(29,30)36-24-9-5-4-8-21(24)17-33-26-34-18-22(13-10-19-6-2-1-3-7-19)25(35-26)32-16-20-11-14-23(31)15-12-20;20-15-11-27-18(28-17(15)25-9-12-5-7-14(24)8-6-12)26-10-13-3-1-2-4-16(13)29-19(21,22)23;18-14-5-3-12(4-6-14)8-19-16-15(24(26)27)10-21-17(22-16)20-9-13-2-1-7-23(25)11-13;18-13-6-4-12(5-7-13)9-19-16-15(24(26)27)11-21-17(22-16)20-10-14-3-1-2-8-23(14)25/h1-9,18,20,23H,11-12,14-17,31H2,(H2,32,33,34,35);1-4,11-12,14H,5-10,24H2,(H2,25,26,27,28);1-2,7,10-12,14H,3-6,8-9,18H2,(H2,19,20,21,22);1-3,8,11-13H,4-7,9-10,18H2,(H2,19,20,21,22). The molecule has 39 heteroatoms. The first-order valence-electron chi connectivity index (χ1n) is 39.1. The molecule has 6 heterocycles. The van der Waals surface area contributed by atoms with Gasteiger partial charge in [-0.25, -0.2) is 19.9 Å². The molecule has 4 fully saturated rings. The fourth-order valence-corrected chi connectivity index (χ4v) is 13.9. The Morgan fingerprint density at radius 2 is 0.824 bits per heavy atom. The molecule has 3 aromatic carbocycles. The number of benzene rings is 3. The SMILES string of the molecule is NC1CCC(CNc2nc(NCc3ccc[n+]([O-])c3)ncc2[N+](=O)[O-])CC1.NC1CCC(CNc2nc(NCc3cccc[n+]3[O-])ncc2[N+](=O)[O-])CC1.NC1CCC(CNc2nc(NCc3ccccc3OC(F)(F)F)ncc2Br)CC1.NC1CCC(CNc2nc(NCc3ccccc3OC(F)(F)F)ncc2C#Cc2ccccc2)CC1. The van der Waals surface area contributed by atoms with Crippen molar-refractivity contribution in [2.75, 3.05) is 68.7 Å². The van der Waals surface area contributed by atoms with Gasteiger partial charge in [0.2, 0.25) is 41.1 Å². The second-order valence-electron chi connectivity index (χ2n) is 29.3. The van der Waals surface area contributed by atoms with Crippen molar-refractivity contribution in [2.45, 2.75) is 166 Å². The lowest BCUT2D eigenvalue weighted by molar-refractivity contribution is -0.613.